The fourth-order valence-electron chi connectivity index (χ4n) is 21.5. The van der Waals surface area contributed by atoms with Crippen LogP contribution in [0.2, 0.25) is 0 Å². The quantitative estimate of drug-likeness (QED) is 0.0372. The third-order valence-electron chi connectivity index (χ3n) is 28.4. The van der Waals surface area contributed by atoms with Gasteiger partial charge >= 0.3 is 0 Å². The van der Waals surface area contributed by atoms with Gasteiger partial charge in [0.15, 0.2) is 0 Å². The molecule has 30 heteroatoms. The van der Waals surface area contributed by atoms with Gasteiger partial charge in [-0.1, -0.05) is 208 Å². The number of fused-ring (bicyclic) bond motifs is 6. The number of hydrogen-bond acceptors (Lipinski definition) is 14. The molecule has 2 spiro atoms. The van der Waals surface area contributed by atoms with Gasteiger partial charge in [-0.25, -0.2) is 0 Å². The summed E-state index contributed by atoms with van der Waals surface area (Å²) in [5.41, 5.74) is 11.0. The molecule has 8 N–H and O–H groups in total. The van der Waals surface area contributed by atoms with Crippen molar-refractivity contribution in [3.63, 3.8) is 0 Å². The minimum absolute atomic E-state index is 0. The van der Waals surface area contributed by atoms with E-state index in [9.17, 15) is 57.5 Å². The average molecular weight is 2180 g/mol. The van der Waals surface area contributed by atoms with Gasteiger partial charge in [0.2, 0.25) is 35.4 Å². The summed E-state index contributed by atoms with van der Waals surface area (Å²) in [5, 5.41) is 21.4. The van der Waals surface area contributed by atoms with Crippen molar-refractivity contribution >= 4 is 70.9 Å². The van der Waals surface area contributed by atoms with Crippen LogP contribution in [0.3, 0.4) is 0 Å². The van der Waals surface area contributed by atoms with Crippen LogP contribution in [0.15, 0.2) is 197 Å². The van der Waals surface area contributed by atoms with Crippen LogP contribution in [0.25, 0.3) is 0 Å². The zero-order valence-electron chi connectivity index (χ0n) is 84.4. The Balaban J connectivity index is 0.000000164. The van der Waals surface area contributed by atoms with Gasteiger partial charge in [0.05, 0.1) is 68.5 Å². The van der Waals surface area contributed by atoms with E-state index in [0.29, 0.717) is 189 Å². The smallest absolute Gasteiger partial charge is 0.253 e. The molecule has 20 rings (SSSR count). The standard InChI is InChI=1S/2C18H21N3O2.4C18H20N2O2.4Y/c2*1-12-19-17(23)18(20-12)9-10-21(11-18)16(22)15-8-4-6-13-5-2-3-7-14(13)15;4*1-2-19-17(21)14-10-11-20(12-14)18(22)16-9-5-7-13-6-3-4-8-15(13)16;;;;/h2*2-3,5,7,15,20H,1,4,6,8-11H2,(H,19,23);4*3-4,6,8,16H,1,5,7,9-12H2,(H,19,21);;;;/q;;4*-2;;;;/i7T;3T;8T;6T;4T;3T;;;;. The van der Waals surface area contributed by atoms with E-state index >= 15 is 0 Å². The molecule has 8 atom stereocenters. The predicted octanol–water partition coefficient (Wildman–Crippen LogP) is 10.4. The number of carbonyl (C=O) groups excluding carboxylic acids is 12. The van der Waals surface area contributed by atoms with E-state index in [1.54, 1.807) is 65.8 Å². The number of likely N-dealkylation sites (tertiary alicyclic amines) is 6. The van der Waals surface area contributed by atoms with Crippen LogP contribution in [0, 0.1) is 48.5 Å². The maximum atomic E-state index is 13.1. The van der Waals surface area contributed by atoms with Gasteiger partial charge in [-0.2, -0.15) is 76.8 Å². The monoisotopic (exact) mass is 2170 g/mol. The largest absolute Gasteiger partial charge is 0.521 e. The Morgan fingerprint density at radius 3 is 0.928 bits per heavy atom. The summed E-state index contributed by atoms with van der Waals surface area (Å²) in [6, 6.07) is 36.4. The van der Waals surface area contributed by atoms with E-state index in [1.165, 1.54) is 11.1 Å². The average Bonchev–Trinajstić information content (AvgIpc) is 1.62. The maximum Gasteiger partial charge on any atom is 0.253 e. The van der Waals surface area contributed by atoms with E-state index in [1.807, 2.05) is 72.8 Å². The van der Waals surface area contributed by atoms with E-state index in [4.69, 9.17) is 8.22 Å². The van der Waals surface area contributed by atoms with E-state index < -0.39 is 11.1 Å². The molecule has 8 aliphatic heterocycles. The Hall–Kier alpha value is -9.10. The Morgan fingerprint density at radius 1 is 0.333 bits per heavy atom. The van der Waals surface area contributed by atoms with E-state index in [0.717, 1.165) is 171 Å². The van der Waals surface area contributed by atoms with Crippen molar-refractivity contribution in [3.8, 4) is 0 Å². The molecular weight excluding hydrogens is 2040 g/mol. The molecule has 8 fully saturated rings. The minimum atomic E-state index is -0.731. The number of aryl methyl sites for hydroxylation is 5. The van der Waals surface area contributed by atoms with E-state index in [-0.39, 0.29) is 237 Å². The number of benzene rings is 6. The van der Waals surface area contributed by atoms with Gasteiger partial charge in [-0.3, -0.25) is 38.4 Å². The van der Waals surface area contributed by atoms with Crippen molar-refractivity contribution in [1.82, 2.24) is 71.9 Å². The summed E-state index contributed by atoms with van der Waals surface area (Å²) in [6.07, 6.45) is 29.3. The third kappa shape index (κ3) is 25.5. The molecule has 26 nitrogen and oxygen atoms in total. The van der Waals surface area contributed by atoms with Crippen molar-refractivity contribution in [2.45, 2.75) is 201 Å². The van der Waals surface area contributed by atoms with Gasteiger partial charge in [0, 0.05) is 144 Å². The van der Waals surface area contributed by atoms with Crippen LogP contribution in [0.5, 0.6) is 0 Å². The predicted molar refractivity (Wildman–Crippen MR) is 507 cm³/mol. The van der Waals surface area contributed by atoms with E-state index in [2.05, 4.69) is 107 Å². The number of hydrogen-bond donors (Lipinski definition) is 8. The molecule has 6 aliphatic carbocycles. The Bertz CT molecular complexity index is 5840. The normalized spacial score (nSPS) is 23.4. The first-order valence-corrected chi connectivity index (χ1v) is 46.9. The Kier molecular flexibility index (Phi) is 37.1. The molecule has 6 aromatic carbocycles. The fraction of sp³-hybridized carbons (Fsp3) is 0.407. The molecule has 0 aromatic heterocycles. The summed E-state index contributed by atoms with van der Waals surface area (Å²) in [5.74, 6) is 1.96. The van der Waals surface area contributed by atoms with Gasteiger partial charge in [-0.05, 0) is 221 Å². The molecular formula is C108H122N14O12Y4-8. The number of rotatable bonds is 14. The summed E-state index contributed by atoms with van der Waals surface area (Å²) in [7, 11) is 0. The van der Waals surface area contributed by atoms with Crippen LogP contribution in [0.1, 0.15) is 226 Å². The molecule has 8 heterocycles. The molecule has 14 aliphatic rings. The summed E-state index contributed by atoms with van der Waals surface area (Å²) in [6.45, 7) is 26.6. The van der Waals surface area contributed by atoms with Crippen LogP contribution in [-0.4, -0.2) is 190 Å². The topological polar surface area (TPSA) is 321 Å². The second kappa shape index (κ2) is 51.0. The number of amides is 12. The summed E-state index contributed by atoms with van der Waals surface area (Å²) in [4.78, 5) is 160. The minimum Gasteiger partial charge on any atom is -0.521 e. The molecule has 4 radical (unpaired) electrons. The van der Waals surface area contributed by atoms with Crippen LogP contribution < -0.4 is 42.5 Å². The summed E-state index contributed by atoms with van der Waals surface area (Å²) >= 11 is 0. The van der Waals surface area contributed by atoms with Gasteiger partial charge in [-0.15, -0.1) is 0 Å². The van der Waals surface area contributed by atoms with Crippen molar-refractivity contribution < 1.29 is 197 Å². The molecule has 12 amide bonds. The zero-order chi connectivity index (χ0) is 99.4. The molecule has 0 bridgehead atoms. The molecule has 8 unspecified atom stereocenters. The van der Waals surface area contributed by atoms with Crippen molar-refractivity contribution in [1.29, 1.82) is 0 Å². The van der Waals surface area contributed by atoms with Gasteiger partial charge < -0.3 is 115 Å². The van der Waals surface area contributed by atoms with Crippen molar-refractivity contribution in [2.24, 2.45) is 0 Å². The van der Waals surface area contributed by atoms with Gasteiger partial charge in [0.25, 0.3) is 11.8 Å². The number of carbonyl (C=O) groups is 12. The molecule has 138 heavy (non-hydrogen) atoms. The van der Waals surface area contributed by atoms with Crippen LogP contribution in [0.4, 0.5) is 0 Å². The SMILES string of the molecule is [3H]c1ccc2c(c1)C(C(=O)N1CCC3(C1)NC(=C)NC3=O)CCC2.[3H]c1ccc2c(c1)C(C(=O)N1CC[C-](C(=O)N[C-]=C)C1)CCC2.[3H]c1ccc2c(c1)CCCC2C(=O)N1CC[C-](C(=O)N[C-]=C)C1.[3H]c1cccc2c1C(C(=O)N1CCC3(C1)NC(=C)NC3=O)CCC2.[3H]c1cccc2c1C(C(=O)N1CC[C-](C(=O)N[C-]=C)C1)CCC2.[3H]c1cccc2c1CCCC2C(=O)N1CC[C-](C(=O)N[C-]=C)C1.[Y].[Y].[Y].[Y]. The zero-order valence-corrected chi connectivity index (χ0v) is 89.8. The first-order chi connectivity index (χ1) is 67.4. The number of nitrogens with zero attached hydrogens (tertiary/aromatic N) is 6. The third-order valence-corrected chi connectivity index (χ3v) is 28.4. The molecule has 6 aromatic rings. The van der Waals surface area contributed by atoms with Crippen LogP contribution in [-0.2, 0) is 227 Å². The van der Waals surface area contributed by atoms with Crippen LogP contribution >= 0.6 is 0 Å². The first-order valence-electron chi connectivity index (χ1n) is 49.9. The molecule has 0 saturated carbocycles. The fourth-order valence-corrected chi connectivity index (χ4v) is 21.5. The first kappa shape index (κ1) is 100. The second-order valence-electron chi connectivity index (χ2n) is 36.6. The van der Waals surface area contributed by atoms with Gasteiger partial charge in [0.1, 0.15) is 11.1 Å². The van der Waals surface area contributed by atoms with Crippen molar-refractivity contribution in [3.05, 3.63) is 312 Å². The molecule has 8 saturated heterocycles. The number of nitrogens with one attached hydrogen (secondary N) is 8. The Morgan fingerprint density at radius 2 is 0.594 bits per heavy atom. The second-order valence-corrected chi connectivity index (χ2v) is 36.6. The Labute approximate surface area is 921 Å². The molecule has 716 valence electrons. The van der Waals surface area contributed by atoms with Crippen molar-refractivity contribution in [2.75, 3.05) is 78.5 Å². The summed E-state index contributed by atoms with van der Waals surface area (Å²) < 4.78 is 47.8. The maximum absolute atomic E-state index is 13.1.